The molecule has 0 atom stereocenters. The monoisotopic (exact) mass is 414 g/mol. The van der Waals surface area contributed by atoms with Gasteiger partial charge in [0.05, 0.1) is 16.9 Å². The lowest BCUT2D eigenvalue weighted by Crippen LogP contribution is -2.24. The van der Waals surface area contributed by atoms with Crippen LogP contribution in [-0.2, 0) is 14.3 Å². The minimum Gasteiger partial charge on any atom is -0.481 e. The molecule has 9 nitrogen and oxygen atoms in total. The molecule has 1 aromatic heterocycles. The van der Waals surface area contributed by atoms with Crippen LogP contribution in [0.5, 0.6) is 5.75 Å². The molecule has 1 heterocycles. The number of aldehydes is 1. The molecule has 3 aromatic rings. The van der Waals surface area contributed by atoms with Crippen LogP contribution in [-0.4, -0.2) is 46.1 Å². The number of halogens is 1. The number of benzene rings is 2. The van der Waals surface area contributed by atoms with E-state index < -0.39 is 25.1 Å². The van der Waals surface area contributed by atoms with E-state index >= 15 is 0 Å². The van der Waals surface area contributed by atoms with Gasteiger partial charge < -0.3 is 14.8 Å². The van der Waals surface area contributed by atoms with Gasteiger partial charge in [-0.3, -0.25) is 9.59 Å². The third-order valence-electron chi connectivity index (χ3n) is 3.65. The Balaban J connectivity index is 1.54. The molecule has 0 fully saturated rings. The highest BCUT2D eigenvalue weighted by Crippen LogP contribution is 2.23. The number of carbonyl (C=O) groups excluding carboxylic acids is 3. The Morgan fingerprint density at radius 3 is 2.76 bits per heavy atom. The van der Waals surface area contributed by atoms with Gasteiger partial charge in [-0.1, -0.05) is 23.7 Å². The van der Waals surface area contributed by atoms with E-state index in [1.54, 1.807) is 36.4 Å². The summed E-state index contributed by atoms with van der Waals surface area (Å²) < 4.78 is 11.6. The maximum atomic E-state index is 12.2. The summed E-state index contributed by atoms with van der Waals surface area (Å²) in [4.78, 5) is 38.8. The van der Waals surface area contributed by atoms with Gasteiger partial charge in [0.1, 0.15) is 18.4 Å². The first-order valence-corrected chi connectivity index (χ1v) is 8.71. The molecule has 0 radical (unpaired) electrons. The molecule has 0 aliphatic carbocycles. The van der Waals surface area contributed by atoms with E-state index in [2.05, 4.69) is 15.4 Å². The predicted octanol–water partition coefficient (Wildman–Crippen LogP) is 2.29. The van der Waals surface area contributed by atoms with E-state index in [-0.39, 0.29) is 5.75 Å². The number of hydrogen-bond acceptors (Lipinski definition) is 7. The first kappa shape index (κ1) is 20.0. The standard InChI is InChI=1S/C19H15ClN4O5/c20-14-5-6-16(24-12-21-11-22-24)15(7-14)23-18(26)9-29-19(27)10-28-17-4-2-1-3-13(17)8-25/h1-8,11-12H,9-10H2,(H,23,26). The van der Waals surface area contributed by atoms with Crippen molar-refractivity contribution < 1.29 is 23.9 Å². The van der Waals surface area contributed by atoms with Crippen LogP contribution in [0.15, 0.2) is 55.1 Å². The van der Waals surface area contributed by atoms with Crippen molar-refractivity contribution in [2.24, 2.45) is 0 Å². The van der Waals surface area contributed by atoms with Gasteiger partial charge in [-0.15, -0.1) is 0 Å². The van der Waals surface area contributed by atoms with E-state index in [0.29, 0.717) is 28.2 Å². The van der Waals surface area contributed by atoms with E-state index in [9.17, 15) is 14.4 Å². The highest BCUT2D eigenvalue weighted by atomic mass is 35.5. The van der Waals surface area contributed by atoms with Gasteiger partial charge in [-0.05, 0) is 30.3 Å². The summed E-state index contributed by atoms with van der Waals surface area (Å²) in [5.41, 5.74) is 1.22. The van der Waals surface area contributed by atoms with Gasteiger partial charge in [0, 0.05) is 5.02 Å². The summed E-state index contributed by atoms with van der Waals surface area (Å²) >= 11 is 5.99. The van der Waals surface area contributed by atoms with Crippen LogP contribution in [0.4, 0.5) is 5.69 Å². The number of nitrogens with one attached hydrogen (secondary N) is 1. The van der Waals surface area contributed by atoms with Gasteiger partial charge in [0.25, 0.3) is 5.91 Å². The SMILES string of the molecule is O=Cc1ccccc1OCC(=O)OCC(=O)Nc1cc(Cl)ccc1-n1cncn1. The molecule has 29 heavy (non-hydrogen) atoms. The molecule has 0 unspecified atom stereocenters. The van der Waals surface area contributed by atoms with Gasteiger partial charge in [0.2, 0.25) is 0 Å². The lowest BCUT2D eigenvalue weighted by Gasteiger charge is -2.12. The van der Waals surface area contributed by atoms with Crippen LogP contribution >= 0.6 is 11.6 Å². The molecule has 1 N–H and O–H groups in total. The molecule has 2 aromatic carbocycles. The van der Waals surface area contributed by atoms with Gasteiger partial charge in [-0.2, -0.15) is 5.10 Å². The van der Waals surface area contributed by atoms with Crippen molar-refractivity contribution in [3.05, 3.63) is 65.7 Å². The number of anilines is 1. The Kier molecular flexibility index (Phi) is 6.54. The van der Waals surface area contributed by atoms with Crippen LogP contribution in [0.2, 0.25) is 5.02 Å². The van der Waals surface area contributed by atoms with E-state index in [0.717, 1.165) is 0 Å². The quantitative estimate of drug-likeness (QED) is 0.444. The minimum absolute atomic E-state index is 0.250. The van der Waals surface area contributed by atoms with E-state index in [4.69, 9.17) is 21.1 Å². The summed E-state index contributed by atoms with van der Waals surface area (Å²) in [6.07, 6.45) is 3.43. The summed E-state index contributed by atoms with van der Waals surface area (Å²) in [5, 5.41) is 7.03. The summed E-state index contributed by atoms with van der Waals surface area (Å²) in [6, 6.07) is 11.3. The fourth-order valence-corrected chi connectivity index (χ4v) is 2.53. The number of aromatic nitrogens is 3. The third-order valence-corrected chi connectivity index (χ3v) is 3.89. The number of esters is 1. The maximum Gasteiger partial charge on any atom is 0.344 e. The Morgan fingerprint density at radius 1 is 1.17 bits per heavy atom. The van der Waals surface area contributed by atoms with Crippen molar-refractivity contribution in [2.45, 2.75) is 0 Å². The molecule has 0 saturated carbocycles. The zero-order chi connectivity index (χ0) is 20.6. The predicted molar refractivity (Wildman–Crippen MR) is 103 cm³/mol. The molecule has 148 valence electrons. The van der Waals surface area contributed by atoms with Crippen molar-refractivity contribution in [3.8, 4) is 11.4 Å². The fraction of sp³-hybridized carbons (Fsp3) is 0.105. The number of nitrogens with zero attached hydrogens (tertiary/aromatic N) is 3. The molecule has 1 amide bonds. The largest absolute Gasteiger partial charge is 0.481 e. The van der Waals surface area contributed by atoms with Crippen LogP contribution in [0.1, 0.15) is 10.4 Å². The summed E-state index contributed by atoms with van der Waals surface area (Å²) in [5.74, 6) is -1.08. The molecular formula is C19H15ClN4O5. The number of rotatable bonds is 8. The number of amides is 1. The van der Waals surface area contributed by atoms with E-state index in [1.807, 2.05) is 0 Å². The first-order chi connectivity index (χ1) is 14.1. The molecule has 0 saturated heterocycles. The normalized spacial score (nSPS) is 10.2. The van der Waals surface area contributed by atoms with Crippen LogP contribution in [0.25, 0.3) is 5.69 Å². The zero-order valence-corrected chi connectivity index (χ0v) is 15.7. The maximum absolute atomic E-state index is 12.2. The number of ether oxygens (including phenoxy) is 2. The van der Waals surface area contributed by atoms with Crippen molar-refractivity contribution >= 4 is 35.5 Å². The Bertz CT molecular complexity index is 1020. The Morgan fingerprint density at radius 2 is 2.00 bits per heavy atom. The average molecular weight is 415 g/mol. The van der Waals surface area contributed by atoms with E-state index in [1.165, 1.54) is 23.4 Å². The Hall–Kier alpha value is -3.72. The smallest absolute Gasteiger partial charge is 0.344 e. The van der Waals surface area contributed by atoms with Gasteiger partial charge >= 0.3 is 5.97 Å². The number of hydrogen-bond donors (Lipinski definition) is 1. The van der Waals surface area contributed by atoms with Crippen molar-refractivity contribution in [3.63, 3.8) is 0 Å². The molecule has 0 aliphatic heterocycles. The van der Waals surface area contributed by atoms with Crippen LogP contribution in [0.3, 0.4) is 0 Å². The minimum atomic E-state index is -0.761. The second kappa shape index (κ2) is 9.47. The Labute approximate surface area is 170 Å². The first-order valence-electron chi connectivity index (χ1n) is 8.34. The molecule has 0 bridgehead atoms. The van der Waals surface area contributed by atoms with Crippen LogP contribution < -0.4 is 10.1 Å². The summed E-state index contributed by atoms with van der Waals surface area (Å²) in [7, 11) is 0. The number of carbonyl (C=O) groups is 3. The highest BCUT2D eigenvalue weighted by molar-refractivity contribution is 6.31. The fourth-order valence-electron chi connectivity index (χ4n) is 2.36. The topological polar surface area (TPSA) is 112 Å². The lowest BCUT2D eigenvalue weighted by atomic mass is 10.2. The van der Waals surface area contributed by atoms with Gasteiger partial charge in [0.15, 0.2) is 19.5 Å². The van der Waals surface area contributed by atoms with Crippen LogP contribution in [0, 0.1) is 0 Å². The molecule has 0 spiro atoms. The van der Waals surface area contributed by atoms with Crippen molar-refractivity contribution in [1.29, 1.82) is 0 Å². The van der Waals surface area contributed by atoms with Crippen molar-refractivity contribution in [2.75, 3.05) is 18.5 Å². The number of para-hydroxylation sites is 1. The molecule has 10 heteroatoms. The molecule has 3 rings (SSSR count). The average Bonchev–Trinajstić information content (AvgIpc) is 3.25. The second-order valence-electron chi connectivity index (χ2n) is 5.65. The van der Waals surface area contributed by atoms with Crippen molar-refractivity contribution in [1.82, 2.24) is 14.8 Å². The second-order valence-corrected chi connectivity index (χ2v) is 6.09. The zero-order valence-electron chi connectivity index (χ0n) is 14.9. The lowest BCUT2D eigenvalue weighted by molar-refractivity contribution is -0.149. The summed E-state index contributed by atoms with van der Waals surface area (Å²) in [6.45, 7) is -0.972. The van der Waals surface area contributed by atoms with Gasteiger partial charge in [-0.25, -0.2) is 14.5 Å². The third kappa shape index (κ3) is 5.39. The molecular weight excluding hydrogens is 400 g/mol. The molecule has 0 aliphatic rings. The highest BCUT2D eigenvalue weighted by Gasteiger charge is 2.13.